The lowest BCUT2D eigenvalue weighted by molar-refractivity contribution is 0.490. The van der Waals surface area contributed by atoms with Crippen molar-refractivity contribution in [3.05, 3.63) is 32.9 Å². The average Bonchev–Trinajstić information content (AvgIpc) is 2.81. The summed E-state index contributed by atoms with van der Waals surface area (Å²) in [6, 6.07) is 2.06. The van der Waals surface area contributed by atoms with E-state index in [1.165, 1.54) is 11.3 Å². The number of thiazole rings is 1. The van der Waals surface area contributed by atoms with Gasteiger partial charge in [0.25, 0.3) is 0 Å². The van der Waals surface area contributed by atoms with Crippen molar-refractivity contribution in [2.75, 3.05) is 7.05 Å². The van der Waals surface area contributed by atoms with E-state index in [1.807, 2.05) is 7.05 Å². The normalized spacial score (nSPS) is 18.4. The van der Waals surface area contributed by atoms with Crippen LogP contribution in [0.2, 0.25) is 10.0 Å². The van der Waals surface area contributed by atoms with Gasteiger partial charge in [0.1, 0.15) is 10.7 Å². The Morgan fingerprint density at radius 2 is 2.26 bits per heavy atom. The second kappa shape index (κ2) is 5.37. The number of fused-ring (bicyclic) bond motifs is 1. The fraction of sp³-hybridized carbons (Fsp3) is 0.385. The number of nitrogens with zero attached hydrogens (tertiary/aromatic N) is 2. The van der Waals surface area contributed by atoms with Crippen molar-refractivity contribution in [3.8, 4) is 10.7 Å². The molecule has 1 aliphatic carbocycles. The van der Waals surface area contributed by atoms with Crippen molar-refractivity contribution < 1.29 is 0 Å². The molecule has 1 unspecified atom stereocenters. The molecule has 100 valence electrons. The Morgan fingerprint density at radius 1 is 1.42 bits per heavy atom. The molecule has 19 heavy (non-hydrogen) atoms. The summed E-state index contributed by atoms with van der Waals surface area (Å²) in [5.74, 6) is 0. The van der Waals surface area contributed by atoms with Gasteiger partial charge in [-0.1, -0.05) is 23.2 Å². The lowest BCUT2D eigenvalue weighted by atomic mass is 9.98. The fourth-order valence-corrected chi connectivity index (χ4v) is 4.07. The summed E-state index contributed by atoms with van der Waals surface area (Å²) in [6.45, 7) is 0. The van der Waals surface area contributed by atoms with Gasteiger partial charge in [-0.05, 0) is 32.4 Å². The third-order valence-corrected chi connectivity index (χ3v) is 4.95. The molecule has 0 saturated heterocycles. The number of pyridine rings is 1. The van der Waals surface area contributed by atoms with Crippen molar-refractivity contribution in [2.45, 2.75) is 25.3 Å². The molecule has 0 saturated carbocycles. The summed E-state index contributed by atoms with van der Waals surface area (Å²) < 4.78 is 0. The fourth-order valence-electron chi connectivity index (χ4n) is 2.37. The van der Waals surface area contributed by atoms with E-state index in [-0.39, 0.29) is 0 Å². The molecule has 1 N–H and O–H groups in total. The maximum atomic E-state index is 6.20. The molecule has 0 spiro atoms. The zero-order valence-corrected chi connectivity index (χ0v) is 12.7. The van der Waals surface area contributed by atoms with E-state index < -0.39 is 0 Å². The van der Waals surface area contributed by atoms with E-state index in [1.54, 1.807) is 23.6 Å². The van der Waals surface area contributed by atoms with Crippen LogP contribution in [0.1, 0.15) is 29.5 Å². The standard InChI is InChI=1S/C13H13Cl2N3S/c1-16-9-3-2-4-10-12(9)18-13(19-10)11-8(15)5-7(14)6-17-11/h5-6,9,16H,2-4H2,1H3. The van der Waals surface area contributed by atoms with Gasteiger partial charge in [0.2, 0.25) is 0 Å². The van der Waals surface area contributed by atoms with Gasteiger partial charge < -0.3 is 5.32 Å². The predicted molar refractivity (Wildman–Crippen MR) is 80.1 cm³/mol. The van der Waals surface area contributed by atoms with Crippen molar-refractivity contribution in [3.63, 3.8) is 0 Å². The van der Waals surface area contributed by atoms with Crippen LogP contribution < -0.4 is 5.32 Å². The maximum Gasteiger partial charge on any atom is 0.143 e. The minimum Gasteiger partial charge on any atom is -0.312 e. The molecule has 2 heterocycles. The molecule has 2 aromatic rings. The van der Waals surface area contributed by atoms with Crippen LogP contribution in [0.15, 0.2) is 12.3 Å². The smallest absolute Gasteiger partial charge is 0.143 e. The first-order chi connectivity index (χ1) is 9.19. The van der Waals surface area contributed by atoms with Crippen LogP contribution in [0.5, 0.6) is 0 Å². The summed E-state index contributed by atoms with van der Waals surface area (Å²) in [7, 11) is 1.98. The summed E-state index contributed by atoms with van der Waals surface area (Å²) in [5.41, 5.74) is 1.88. The Kier molecular flexibility index (Phi) is 3.76. The highest BCUT2D eigenvalue weighted by atomic mass is 35.5. The lowest BCUT2D eigenvalue weighted by Crippen LogP contribution is -2.21. The molecule has 0 aromatic carbocycles. The highest BCUT2D eigenvalue weighted by Crippen LogP contribution is 2.38. The van der Waals surface area contributed by atoms with Crippen molar-refractivity contribution in [1.82, 2.24) is 15.3 Å². The Labute approximate surface area is 126 Å². The predicted octanol–water partition coefficient (Wildman–Crippen LogP) is 4.11. The maximum absolute atomic E-state index is 6.20. The number of hydrogen-bond acceptors (Lipinski definition) is 4. The van der Waals surface area contributed by atoms with Crippen LogP contribution in [-0.4, -0.2) is 17.0 Å². The molecule has 0 radical (unpaired) electrons. The van der Waals surface area contributed by atoms with Crippen LogP contribution in [0.25, 0.3) is 10.7 Å². The summed E-state index contributed by atoms with van der Waals surface area (Å²) in [5, 5.41) is 5.30. The van der Waals surface area contributed by atoms with Gasteiger partial charge in [0.15, 0.2) is 0 Å². The van der Waals surface area contributed by atoms with Gasteiger partial charge >= 0.3 is 0 Å². The SMILES string of the molecule is CNC1CCCc2sc(-c3ncc(Cl)cc3Cl)nc21. The zero-order valence-electron chi connectivity index (χ0n) is 10.4. The second-order valence-corrected chi connectivity index (χ2v) is 6.47. The van der Waals surface area contributed by atoms with Gasteiger partial charge in [-0.15, -0.1) is 11.3 Å². The van der Waals surface area contributed by atoms with Gasteiger partial charge in [-0.2, -0.15) is 0 Å². The van der Waals surface area contributed by atoms with Crippen molar-refractivity contribution >= 4 is 34.5 Å². The highest BCUT2D eigenvalue weighted by molar-refractivity contribution is 7.15. The zero-order chi connectivity index (χ0) is 13.4. The van der Waals surface area contributed by atoms with Crippen LogP contribution in [0, 0.1) is 0 Å². The third kappa shape index (κ3) is 2.50. The number of nitrogens with one attached hydrogen (secondary N) is 1. The van der Waals surface area contributed by atoms with Crippen molar-refractivity contribution in [2.24, 2.45) is 0 Å². The van der Waals surface area contributed by atoms with Crippen molar-refractivity contribution in [1.29, 1.82) is 0 Å². The molecule has 0 amide bonds. The minimum absolute atomic E-state index is 0.347. The van der Waals surface area contributed by atoms with Gasteiger partial charge in [0, 0.05) is 11.1 Å². The van der Waals surface area contributed by atoms with Gasteiger partial charge in [0.05, 0.1) is 21.8 Å². The van der Waals surface area contributed by atoms with Crippen LogP contribution in [0.4, 0.5) is 0 Å². The monoisotopic (exact) mass is 313 g/mol. The quantitative estimate of drug-likeness (QED) is 0.906. The molecule has 1 aliphatic rings. The summed E-state index contributed by atoms with van der Waals surface area (Å²) >= 11 is 13.8. The molecular weight excluding hydrogens is 301 g/mol. The Hall–Kier alpha value is -0.680. The molecule has 6 heteroatoms. The van der Waals surface area contributed by atoms with Crippen LogP contribution in [-0.2, 0) is 6.42 Å². The lowest BCUT2D eigenvalue weighted by Gasteiger charge is -2.19. The number of hydrogen-bond donors (Lipinski definition) is 1. The second-order valence-electron chi connectivity index (χ2n) is 4.54. The molecule has 0 bridgehead atoms. The van der Waals surface area contributed by atoms with Gasteiger partial charge in [-0.25, -0.2) is 4.98 Å². The van der Waals surface area contributed by atoms with E-state index in [2.05, 4.69) is 10.3 Å². The molecular formula is C13H13Cl2N3S. The number of aromatic nitrogens is 2. The topological polar surface area (TPSA) is 37.8 Å². The number of halogens is 2. The van der Waals surface area contributed by atoms with Crippen LogP contribution >= 0.6 is 34.5 Å². The minimum atomic E-state index is 0.347. The number of rotatable bonds is 2. The molecule has 3 nitrogen and oxygen atoms in total. The molecule has 2 aromatic heterocycles. The molecule has 1 atom stereocenters. The number of aryl methyl sites for hydroxylation is 1. The van der Waals surface area contributed by atoms with E-state index in [4.69, 9.17) is 28.2 Å². The Morgan fingerprint density at radius 3 is 3.00 bits per heavy atom. The van der Waals surface area contributed by atoms with E-state index >= 15 is 0 Å². The largest absolute Gasteiger partial charge is 0.312 e. The first-order valence-electron chi connectivity index (χ1n) is 6.17. The van der Waals surface area contributed by atoms with E-state index in [0.29, 0.717) is 16.1 Å². The average molecular weight is 314 g/mol. The molecule has 3 rings (SSSR count). The molecule has 0 fully saturated rings. The van der Waals surface area contributed by atoms with Crippen LogP contribution in [0.3, 0.4) is 0 Å². The van der Waals surface area contributed by atoms with Gasteiger partial charge in [-0.3, -0.25) is 4.98 Å². The third-order valence-electron chi connectivity index (χ3n) is 3.31. The van der Waals surface area contributed by atoms with E-state index in [9.17, 15) is 0 Å². The highest BCUT2D eigenvalue weighted by Gasteiger charge is 2.24. The summed E-state index contributed by atoms with van der Waals surface area (Å²) in [4.78, 5) is 10.4. The summed E-state index contributed by atoms with van der Waals surface area (Å²) in [6.07, 6.45) is 5.03. The first-order valence-corrected chi connectivity index (χ1v) is 7.74. The Balaban J connectivity index is 2.05. The Bertz CT molecular complexity index is 612. The molecule has 0 aliphatic heterocycles. The van der Waals surface area contributed by atoms with E-state index in [0.717, 1.165) is 29.2 Å². The first kappa shape index (κ1) is 13.3.